The van der Waals surface area contributed by atoms with Gasteiger partial charge in [-0.05, 0) is 110 Å². The Morgan fingerprint density at radius 3 is 1.78 bits per heavy atom. The van der Waals surface area contributed by atoms with Crippen LogP contribution in [0.25, 0.3) is 88.4 Å². The lowest BCUT2D eigenvalue weighted by molar-refractivity contribution is 0.647. The first-order valence-corrected chi connectivity index (χ1v) is 22.0. The molecule has 0 N–H and O–H groups in total. The Hall–Kier alpha value is -7.62. The summed E-state index contributed by atoms with van der Waals surface area (Å²) in [6.45, 7) is 9.44. The summed E-state index contributed by atoms with van der Waals surface area (Å²) in [5.74, 6) is 0. The van der Waals surface area contributed by atoms with E-state index in [4.69, 9.17) is 8.83 Å². The van der Waals surface area contributed by atoms with Crippen molar-refractivity contribution in [3.05, 3.63) is 210 Å². The van der Waals surface area contributed by atoms with Gasteiger partial charge in [-0.15, -0.1) is 0 Å². The molecule has 0 saturated heterocycles. The van der Waals surface area contributed by atoms with Crippen LogP contribution in [0.3, 0.4) is 0 Å². The van der Waals surface area contributed by atoms with Crippen LogP contribution < -0.4 is 4.90 Å². The van der Waals surface area contributed by atoms with Crippen molar-refractivity contribution in [1.29, 1.82) is 0 Å². The van der Waals surface area contributed by atoms with Crippen molar-refractivity contribution in [3.8, 4) is 44.5 Å². The largest absolute Gasteiger partial charge is 0.456 e. The Morgan fingerprint density at radius 2 is 0.952 bits per heavy atom. The summed E-state index contributed by atoms with van der Waals surface area (Å²) in [6, 6.07) is 68.6. The van der Waals surface area contributed by atoms with Gasteiger partial charge in [0.1, 0.15) is 22.3 Å². The zero-order chi connectivity index (χ0) is 42.2. The second-order valence-corrected chi connectivity index (χ2v) is 18.4. The molecule has 11 aromatic rings. The number of para-hydroxylation sites is 3. The number of fused-ring (bicyclic) bond motifs is 12. The second-order valence-electron chi connectivity index (χ2n) is 18.4. The highest BCUT2D eigenvalue weighted by Crippen LogP contribution is 2.57. The lowest BCUT2D eigenvalue weighted by atomic mass is 9.81. The van der Waals surface area contributed by atoms with Gasteiger partial charge in [-0.25, -0.2) is 0 Å². The third kappa shape index (κ3) is 5.08. The molecule has 0 amide bonds. The molecule has 2 aromatic heterocycles. The minimum absolute atomic E-state index is 0.146. The van der Waals surface area contributed by atoms with E-state index in [9.17, 15) is 0 Å². The molecular formula is C60H43NO2. The van der Waals surface area contributed by atoms with Gasteiger partial charge in [0, 0.05) is 60.6 Å². The average molecular weight is 810 g/mol. The summed E-state index contributed by atoms with van der Waals surface area (Å²) in [6.07, 6.45) is 0. The fraction of sp³-hybridized carbons (Fsp3) is 0.100. The van der Waals surface area contributed by atoms with E-state index in [2.05, 4.69) is 215 Å². The quantitative estimate of drug-likeness (QED) is 0.173. The monoisotopic (exact) mass is 809 g/mol. The molecule has 0 fully saturated rings. The first-order chi connectivity index (χ1) is 30.8. The predicted molar refractivity (Wildman–Crippen MR) is 262 cm³/mol. The molecule has 0 unspecified atom stereocenters. The smallest absolute Gasteiger partial charge is 0.143 e. The number of benzene rings is 9. The van der Waals surface area contributed by atoms with Crippen LogP contribution in [0.4, 0.5) is 17.1 Å². The average Bonchev–Trinajstić information content (AvgIpc) is 4.01. The molecule has 3 nitrogen and oxygen atoms in total. The van der Waals surface area contributed by atoms with Crippen molar-refractivity contribution in [1.82, 2.24) is 0 Å². The molecule has 0 saturated carbocycles. The third-order valence-electron chi connectivity index (χ3n) is 14.3. The van der Waals surface area contributed by atoms with Gasteiger partial charge >= 0.3 is 0 Å². The van der Waals surface area contributed by atoms with Crippen LogP contribution in [0.1, 0.15) is 49.9 Å². The van der Waals surface area contributed by atoms with Crippen molar-refractivity contribution >= 4 is 60.9 Å². The first-order valence-electron chi connectivity index (χ1n) is 22.0. The van der Waals surface area contributed by atoms with E-state index in [0.29, 0.717) is 0 Å². The maximum absolute atomic E-state index is 6.65. The van der Waals surface area contributed by atoms with Crippen molar-refractivity contribution in [2.75, 3.05) is 4.90 Å². The highest BCUT2D eigenvalue weighted by Gasteiger charge is 2.40. The summed E-state index contributed by atoms with van der Waals surface area (Å²) in [7, 11) is 0. The van der Waals surface area contributed by atoms with Gasteiger partial charge in [-0.2, -0.15) is 0 Å². The van der Waals surface area contributed by atoms with Crippen LogP contribution in [0, 0.1) is 0 Å². The van der Waals surface area contributed by atoms with Crippen LogP contribution in [-0.4, -0.2) is 0 Å². The normalized spacial score (nSPS) is 14.3. The van der Waals surface area contributed by atoms with Gasteiger partial charge in [0.2, 0.25) is 0 Å². The molecule has 3 heteroatoms. The highest BCUT2D eigenvalue weighted by molar-refractivity contribution is 6.18. The molecule has 0 radical (unpaired) electrons. The molecular weight excluding hydrogens is 767 g/mol. The van der Waals surface area contributed by atoms with Crippen LogP contribution in [0.5, 0.6) is 0 Å². The maximum atomic E-state index is 6.65. The topological polar surface area (TPSA) is 29.5 Å². The zero-order valence-electron chi connectivity index (χ0n) is 35.7. The predicted octanol–water partition coefficient (Wildman–Crippen LogP) is 16.9. The SMILES string of the molecule is CC1(C)c2ccccc2-c2ccc(N(c3ccc(-c4cccc5c4oc4ccccc45)cc3)c3ccc4c(c3)-c3c(cc5oc6ccccc6c5c3-c3ccccc3)C4(C)C)cc21. The van der Waals surface area contributed by atoms with E-state index in [1.165, 1.54) is 55.6 Å². The molecule has 2 heterocycles. The van der Waals surface area contributed by atoms with Crippen LogP contribution in [0.2, 0.25) is 0 Å². The van der Waals surface area contributed by atoms with Crippen molar-refractivity contribution in [3.63, 3.8) is 0 Å². The van der Waals surface area contributed by atoms with E-state index in [1.54, 1.807) is 0 Å². The molecule has 2 aliphatic carbocycles. The van der Waals surface area contributed by atoms with E-state index >= 15 is 0 Å². The van der Waals surface area contributed by atoms with Gasteiger partial charge in [-0.1, -0.05) is 161 Å². The molecule has 2 aliphatic rings. The highest BCUT2D eigenvalue weighted by atomic mass is 16.3. The van der Waals surface area contributed by atoms with Gasteiger partial charge < -0.3 is 13.7 Å². The Labute approximate surface area is 366 Å². The Balaban J connectivity index is 1.03. The van der Waals surface area contributed by atoms with Crippen LogP contribution >= 0.6 is 0 Å². The molecule has 0 atom stereocenters. The number of nitrogens with zero attached hydrogens (tertiary/aromatic N) is 1. The molecule has 63 heavy (non-hydrogen) atoms. The Bertz CT molecular complexity index is 3680. The number of furan rings is 2. The minimum atomic E-state index is -0.257. The van der Waals surface area contributed by atoms with Crippen molar-refractivity contribution < 1.29 is 8.83 Å². The fourth-order valence-electron chi connectivity index (χ4n) is 11.2. The summed E-state index contributed by atoms with van der Waals surface area (Å²) in [4.78, 5) is 2.45. The summed E-state index contributed by atoms with van der Waals surface area (Å²) in [5.41, 5.74) is 21.7. The summed E-state index contributed by atoms with van der Waals surface area (Å²) in [5, 5.41) is 4.57. The lowest BCUT2D eigenvalue weighted by Crippen LogP contribution is -2.17. The number of anilines is 3. The fourth-order valence-corrected chi connectivity index (χ4v) is 11.2. The van der Waals surface area contributed by atoms with E-state index in [1.807, 2.05) is 6.07 Å². The standard InChI is InChI=1S/C60H43NO2/c1-59(2)48-22-11-8-17-42(48)43-31-29-40(34-50(43)59)61(38-27-25-36(26-28-38)41-20-14-21-45-44-18-9-12-23-52(44)63-58(41)45)39-30-32-49-47(33-39)56-51(60(49,3)4)35-54-57(46-19-10-13-24-53(46)62-54)55(56)37-15-6-5-7-16-37/h5-35H,1-4H3. The van der Waals surface area contributed by atoms with Gasteiger partial charge in [0.15, 0.2) is 0 Å². The molecule has 0 spiro atoms. The third-order valence-corrected chi connectivity index (χ3v) is 14.3. The van der Waals surface area contributed by atoms with Gasteiger partial charge in [0.25, 0.3) is 0 Å². The second kappa shape index (κ2) is 13.0. The molecule has 13 rings (SSSR count). The van der Waals surface area contributed by atoms with Crippen molar-refractivity contribution in [2.24, 2.45) is 0 Å². The van der Waals surface area contributed by atoms with E-state index in [0.717, 1.165) is 72.1 Å². The number of hydrogen-bond acceptors (Lipinski definition) is 3. The Kier molecular flexibility index (Phi) is 7.42. The summed E-state index contributed by atoms with van der Waals surface area (Å²) >= 11 is 0. The van der Waals surface area contributed by atoms with Crippen LogP contribution in [0.15, 0.2) is 197 Å². The van der Waals surface area contributed by atoms with E-state index in [-0.39, 0.29) is 10.8 Å². The van der Waals surface area contributed by atoms with Crippen molar-refractivity contribution in [2.45, 2.75) is 38.5 Å². The molecule has 9 aromatic carbocycles. The number of rotatable bonds is 5. The first kappa shape index (κ1) is 36.1. The Morgan fingerprint density at radius 1 is 0.349 bits per heavy atom. The maximum Gasteiger partial charge on any atom is 0.143 e. The molecule has 0 bridgehead atoms. The zero-order valence-corrected chi connectivity index (χ0v) is 35.7. The van der Waals surface area contributed by atoms with Crippen LogP contribution in [-0.2, 0) is 10.8 Å². The molecule has 300 valence electrons. The minimum Gasteiger partial charge on any atom is -0.456 e. The van der Waals surface area contributed by atoms with E-state index < -0.39 is 0 Å². The summed E-state index contributed by atoms with van der Waals surface area (Å²) < 4.78 is 13.2. The number of hydrogen-bond donors (Lipinski definition) is 0. The lowest BCUT2D eigenvalue weighted by Gasteiger charge is -2.29. The van der Waals surface area contributed by atoms with Gasteiger partial charge in [0.05, 0.1) is 0 Å². The van der Waals surface area contributed by atoms with Gasteiger partial charge in [-0.3, -0.25) is 0 Å². The molecule has 0 aliphatic heterocycles.